The van der Waals surface area contributed by atoms with Crippen molar-refractivity contribution in [1.82, 2.24) is 10.2 Å². The Hall–Kier alpha value is -1.63. The van der Waals surface area contributed by atoms with E-state index >= 15 is 0 Å². The lowest BCUT2D eigenvalue weighted by Gasteiger charge is -2.20. The lowest BCUT2D eigenvalue weighted by molar-refractivity contribution is 0.695. The van der Waals surface area contributed by atoms with Gasteiger partial charge in [-0.3, -0.25) is 0 Å². The van der Waals surface area contributed by atoms with Gasteiger partial charge in [0.25, 0.3) is 0 Å². The molecule has 1 heterocycles. The number of anilines is 1. The third-order valence-corrected chi connectivity index (χ3v) is 3.40. The van der Waals surface area contributed by atoms with Gasteiger partial charge in [0.2, 0.25) is 0 Å². The fraction of sp³-hybridized carbons (Fsp3) is 0.667. The number of aromatic nitrogens is 2. The Morgan fingerprint density at radius 2 is 1.84 bits per heavy atom. The van der Waals surface area contributed by atoms with Crippen molar-refractivity contribution in [2.24, 2.45) is 0 Å². The SMILES string of the molecule is CCCCCN(C)c1nnc(CC)c(CC)c1C#N. The molecule has 0 spiro atoms. The van der Waals surface area contributed by atoms with Crippen LogP contribution in [0.4, 0.5) is 5.82 Å². The molecule has 0 radical (unpaired) electrons. The zero-order valence-corrected chi connectivity index (χ0v) is 12.5. The van der Waals surface area contributed by atoms with Gasteiger partial charge >= 0.3 is 0 Å². The number of hydrogen-bond acceptors (Lipinski definition) is 4. The second-order valence-corrected chi connectivity index (χ2v) is 4.77. The van der Waals surface area contributed by atoms with Crippen LogP contribution in [-0.2, 0) is 12.8 Å². The molecule has 0 saturated carbocycles. The molecule has 0 aliphatic carbocycles. The molecule has 0 saturated heterocycles. The van der Waals surface area contributed by atoms with Crippen LogP contribution in [0.25, 0.3) is 0 Å². The van der Waals surface area contributed by atoms with Crippen LogP contribution >= 0.6 is 0 Å². The van der Waals surface area contributed by atoms with Gasteiger partial charge in [0.05, 0.1) is 5.69 Å². The molecule has 0 unspecified atom stereocenters. The predicted octanol–water partition coefficient (Wildman–Crippen LogP) is 3.10. The third kappa shape index (κ3) is 3.66. The third-order valence-electron chi connectivity index (χ3n) is 3.40. The Labute approximate surface area is 116 Å². The Morgan fingerprint density at radius 1 is 1.11 bits per heavy atom. The second kappa shape index (κ2) is 7.73. The maximum Gasteiger partial charge on any atom is 0.169 e. The van der Waals surface area contributed by atoms with Gasteiger partial charge in [-0.15, -0.1) is 5.10 Å². The summed E-state index contributed by atoms with van der Waals surface area (Å²) in [6.45, 7) is 7.23. The minimum absolute atomic E-state index is 0.702. The number of unbranched alkanes of at least 4 members (excludes halogenated alkanes) is 2. The first-order valence-electron chi connectivity index (χ1n) is 7.19. The largest absolute Gasteiger partial charge is 0.357 e. The van der Waals surface area contributed by atoms with Crippen LogP contribution < -0.4 is 4.90 Å². The summed E-state index contributed by atoms with van der Waals surface area (Å²) in [7, 11) is 1.99. The fourth-order valence-corrected chi connectivity index (χ4v) is 2.25. The van der Waals surface area contributed by atoms with Crippen LogP contribution in [0.5, 0.6) is 0 Å². The van der Waals surface area contributed by atoms with Crippen molar-refractivity contribution < 1.29 is 0 Å². The van der Waals surface area contributed by atoms with Gasteiger partial charge in [-0.1, -0.05) is 33.6 Å². The zero-order chi connectivity index (χ0) is 14.3. The first kappa shape index (κ1) is 15.4. The van der Waals surface area contributed by atoms with E-state index in [0.29, 0.717) is 5.56 Å². The molecule has 0 aliphatic heterocycles. The van der Waals surface area contributed by atoms with E-state index in [2.05, 4.69) is 41.9 Å². The van der Waals surface area contributed by atoms with Crippen LogP contribution in [0.2, 0.25) is 0 Å². The smallest absolute Gasteiger partial charge is 0.169 e. The Balaban J connectivity index is 3.04. The summed E-state index contributed by atoms with van der Waals surface area (Å²) in [5.41, 5.74) is 2.70. The first-order chi connectivity index (χ1) is 9.19. The van der Waals surface area contributed by atoms with Crippen LogP contribution in [-0.4, -0.2) is 23.8 Å². The maximum absolute atomic E-state index is 9.43. The molecule has 1 aromatic heterocycles. The summed E-state index contributed by atoms with van der Waals surface area (Å²) in [5, 5.41) is 18.0. The number of nitriles is 1. The second-order valence-electron chi connectivity index (χ2n) is 4.77. The molecule has 19 heavy (non-hydrogen) atoms. The molecule has 0 N–H and O–H groups in total. The predicted molar refractivity (Wildman–Crippen MR) is 78.3 cm³/mol. The molecule has 4 heteroatoms. The first-order valence-corrected chi connectivity index (χ1v) is 7.19. The molecule has 1 rings (SSSR count). The van der Waals surface area contributed by atoms with E-state index in [-0.39, 0.29) is 0 Å². The van der Waals surface area contributed by atoms with Gasteiger partial charge in [-0.25, -0.2) is 0 Å². The number of hydrogen-bond donors (Lipinski definition) is 0. The molecule has 0 aromatic carbocycles. The zero-order valence-electron chi connectivity index (χ0n) is 12.5. The van der Waals surface area contributed by atoms with E-state index in [1.54, 1.807) is 0 Å². The molecule has 0 fully saturated rings. The van der Waals surface area contributed by atoms with E-state index < -0.39 is 0 Å². The van der Waals surface area contributed by atoms with Crippen molar-refractivity contribution >= 4 is 5.82 Å². The molecular formula is C15H24N4. The summed E-state index contributed by atoms with van der Waals surface area (Å²) in [5.74, 6) is 0.729. The van der Waals surface area contributed by atoms with Crippen molar-refractivity contribution in [3.8, 4) is 6.07 Å². The van der Waals surface area contributed by atoms with Crippen molar-refractivity contribution in [3.05, 3.63) is 16.8 Å². The molecule has 0 amide bonds. The van der Waals surface area contributed by atoms with E-state index in [1.807, 2.05) is 7.05 Å². The number of aryl methyl sites for hydroxylation is 1. The van der Waals surface area contributed by atoms with E-state index in [0.717, 1.165) is 42.9 Å². The minimum atomic E-state index is 0.702. The lowest BCUT2D eigenvalue weighted by atomic mass is 10.0. The van der Waals surface area contributed by atoms with Crippen molar-refractivity contribution in [2.45, 2.75) is 52.9 Å². The molecule has 104 valence electrons. The highest BCUT2D eigenvalue weighted by molar-refractivity contribution is 5.57. The summed E-state index contributed by atoms with van der Waals surface area (Å²) >= 11 is 0. The van der Waals surface area contributed by atoms with Gasteiger partial charge in [-0.2, -0.15) is 10.4 Å². The van der Waals surface area contributed by atoms with Gasteiger partial charge < -0.3 is 4.90 Å². The van der Waals surface area contributed by atoms with Crippen molar-refractivity contribution in [3.63, 3.8) is 0 Å². The van der Waals surface area contributed by atoms with Crippen LogP contribution in [0.1, 0.15) is 56.9 Å². The Morgan fingerprint density at radius 3 is 2.37 bits per heavy atom. The van der Waals surface area contributed by atoms with Gasteiger partial charge in [-0.05, 0) is 24.8 Å². The molecule has 4 nitrogen and oxygen atoms in total. The van der Waals surface area contributed by atoms with Crippen molar-refractivity contribution in [2.75, 3.05) is 18.5 Å². The highest BCUT2D eigenvalue weighted by Crippen LogP contribution is 2.22. The highest BCUT2D eigenvalue weighted by atomic mass is 15.2. The average molecular weight is 260 g/mol. The number of rotatable bonds is 7. The number of nitrogens with zero attached hydrogens (tertiary/aromatic N) is 4. The maximum atomic E-state index is 9.43. The lowest BCUT2D eigenvalue weighted by Crippen LogP contribution is -2.22. The Bertz CT molecular complexity index is 448. The summed E-state index contributed by atoms with van der Waals surface area (Å²) in [6.07, 6.45) is 5.17. The molecular weight excluding hydrogens is 236 g/mol. The van der Waals surface area contributed by atoms with Crippen molar-refractivity contribution in [1.29, 1.82) is 5.26 Å². The quantitative estimate of drug-likeness (QED) is 0.707. The van der Waals surface area contributed by atoms with Crippen LogP contribution in [0, 0.1) is 11.3 Å². The molecule has 1 aromatic rings. The van der Waals surface area contributed by atoms with Crippen LogP contribution in [0.15, 0.2) is 0 Å². The van der Waals surface area contributed by atoms with Gasteiger partial charge in [0.1, 0.15) is 11.6 Å². The molecule has 0 atom stereocenters. The van der Waals surface area contributed by atoms with E-state index in [1.165, 1.54) is 12.8 Å². The standard InChI is InChI=1S/C15H24N4/c1-5-8-9-10-19(4)15-13(11-16)12(6-2)14(7-3)17-18-15/h5-10H2,1-4H3. The summed E-state index contributed by atoms with van der Waals surface area (Å²) in [4.78, 5) is 2.06. The van der Waals surface area contributed by atoms with E-state index in [4.69, 9.17) is 0 Å². The summed E-state index contributed by atoms with van der Waals surface area (Å²) < 4.78 is 0. The molecule has 0 bridgehead atoms. The monoisotopic (exact) mass is 260 g/mol. The average Bonchev–Trinajstić information content (AvgIpc) is 2.45. The van der Waals surface area contributed by atoms with Gasteiger partial charge in [0.15, 0.2) is 5.82 Å². The summed E-state index contributed by atoms with van der Waals surface area (Å²) in [6, 6.07) is 2.32. The van der Waals surface area contributed by atoms with E-state index in [9.17, 15) is 5.26 Å². The normalized spacial score (nSPS) is 10.3. The van der Waals surface area contributed by atoms with Crippen LogP contribution in [0.3, 0.4) is 0 Å². The minimum Gasteiger partial charge on any atom is -0.357 e. The highest BCUT2D eigenvalue weighted by Gasteiger charge is 2.16. The topological polar surface area (TPSA) is 52.8 Å². The molecule has 0 aliphatic rings. The fourth-order valence-electron chi connectivity index (χ4n) is 2.25. The van der Waals surface area contributed by atoms with Gasteiger partial charge in [0, 0.05) is 13.6 Å². The Kier molecular flexibility index (Phi) is 6.27.